The number of nitrogens with zero attached hydrogens (tertiary/aromatic N) is 2. The molecule has 3 nitrogen and oxygen atoms in total. The fraction of sp³-hybridized carbons (Fsp3) is 0.333. The molecule has 1 aliphatic rings. The summed E-state index contributed by atoms with van der Waals surface area (Å²) in [6.07, 6.45) is 1.94. The van der Waals surface area contributed by atoms with Gasteiger partial charge in [0.05, 0.1) is 11.1 Å². The molecule has 1 fully saturated rings. The van der Waals surface area contributed by atoms with Crippen molar-refractivity contribution in [3.8, 4) is 0 Å². The molecule has 0 bridgehead atoms. The van der Waals surface area contributed by atoms with Crippen LogP contribution in [0.4, 0.5) is 5.69 Å². The van der Waals surface area contributed by atoms with Crippen molar-refractivity contribution >= 4 is 50.7 Å². The van der Waals surface area contributed by atoms with Crippen molar-refractivity contribution in [1.82, 2.24) is 4.98 Å². The minimum atomic E-state index is -0.146. The molecule has 1 aromatic heterocycles. The van der Waals surface area contributed by atoms with Crippen LogP contribution >= 0.6 is 39.1 Å². The van der Waals surface area contributed by atoms with Gasteiger partial charge < -0.3 is 4.90 Å². The predicted octanol–water partition coefficient (Wildman–Crippen LogP) is 2.84. The molecule has 1 aromatic rings. The van der Waals surface area contributed by atoms with E-state index in [0.717, 1.165) is 4.47 Å². The predicted molar refractivity (Wildman–Crippen MR) is 63.6 cm³/mol. The van der Waals surface area contributed by atoms with Gasteiger partial charge in [-0.25, -0.2) is 4.98 Å². The second-order valence-corrected chi connectivity index (χ2v) is 5.16. The molecule has 1 amide bonds. The third kappa shape index (κ3) is 2.27. The minimum absolute atomic E-state index is 0.0169. The number of carbonyl (C=O) groups excluding carboxylic acids is 1. The largest absolute Gasteiger partial charge is 0.308 e. The van der Waals surface area contributed by atoms with Gasteiger partial charge in [0.1, 0.15) is 0 Å². The van der Waals surface area contributed by atoms with Crippen LogP contribution in [0.1, 0.15) is 6.42 Å². The van der Waals surface area contributed by atoms with Crippen molar-refractivity contribution in [2.75, 3.05) is 11.4 Å². The average Bonchev–Trinajstić information content (AvgIpc) is 2.50. The van der Waals surface area contributed by atoms with Crippen LogP contribution in [0.25, 0.3) is 0 Å². The number of aromatic nitrogens is 1. The van der Waals surface area contributed by atoms with Gasteiger partial charge in [0, 0.05) is 23.6 Å². The fourth-order valence-electron chi connectivity index (χ4n) is 1.50. The third-order valence-corrected chi connectivity index (χ3v) is 3.17. The number of anilines is 1. The van der Waals surface area contributed by atoms with E-state index in [1.807, 2.05) is 0 Å². The number of pyridine rings is 1. The van der Waals surface area contributed by atoms with Gasteiger partial charge in [-0.1, -0.05) is 11.6 Å². The summed E-state index contributed by atoms with van der Waals surface area (Å²) < 4.78 is 0.785. The highest BCUT2D eigenvalue weighted by Gasteiger charge is 2.30. The lowest BCUT2D eigenvalue weighted by molar-refractivity contribution is -0.117. The van der Waals surface area contributed by atoms with Crippen LogP contribution in [0.2, 0.25) is 5.15 Å². The van der Waals surface area contributed by atoms with Gasteiger partial charge in [0.15, 0.2) is 5.15 Å². The maximum Gasteiger partial charge on any atom is 0.228 e. The zero-order chi connectivity index (χ0) is 11.0. The van der Waals surface area contributed by atoms with Crippen LogP contribution < -0.4 is 4.90 Å². The molecule has 0 saturated carbocycles. The summed E-state index contributed by atoms with van der Waals surface area (Å²) in [6.45, 7) is 0.484. The number of hydrogen-bond acceptors (Lipinski definition) is 2. The Morgan fingerprint density at radius 2 is 2.33 bits per heavy atom. The molecule has 15 heavy (non-hydrogen) atoms. The molecule has 0 N–H and O–H groups in total. The van der Waals surface area contributed by atoms with Gasteiger partial charge >= 0.3 is 0 Å². The quantitative estimate of drug-likeness (QED) is 0.590. The first-order chi connectivity index (χ1) is 7.08. The summed E-state index contributed by atoms with van der Waals surface area (Å²) in [4.78, 5) is 17.1. The van der Waals surface area contributed by atoms with Crippen LogP contribution in [-0.4, -0.2) is 22.8 Å². The van der Waals surface area contributed by atoms with Crippen LogP contribution in [-0.2, 0) is 4.79 Å². The Morgan fingerprint density at radius 3 is 2.93 bits per heavy atom. The summed E-state index contributed by atoms with van der Waals surface area (Å²) in [7, 11) is 0. The summed E-state index contributed by atoms with van der Waals surface area (Å²) in [5.74, 6) is -0.0169. The van der Waals surface area contributed by atoms with Crippen molar-refractivity contribution in [3.63, 3.8) is 0 Å². The van der Waals surface area contributed by atoms with Gasteiger partial charge in [-0.15, -0.1) is 11.6 Å². The molecule has 2 heterocycles. The van der Waals surface area contributed by atoms with Crippen molar-refractivity contribution in [2.45, 2.75) is 11.8 Å². The van der Waals surface area contributed by atoms with Crippen LogP contribution in [0, 0.1) is 0 Å². The topological polar surface area (TPSA) is 33.2 Å². The first kappa shape index (κ1) is 11.2. The van der Waals surface area contributed by atoms with E-state index < -0.39 is 0 Å². The lowest BCUT2D eigenvalue weighted by Gasteiger charge is -2.16. The van der Waals surface area contributed by atoms with Crippen LogP contribution in [0.15, 0.2) is 16.7 Å². The van der Waals surface area contributed by atoms with Gasteiger partial charge in [0.25, 0.3) is 0 Å². The van der Waals surface area contributed by atoms with Crippen molar-refractivity contribution in [1.29, 1.82) is 0 Å². The van der Waals surface area contributed by atoms with E-state index in [2.05, 4.69) is 20.9 Å². The number of amides is 1. The third-order valence-electron chi connectivity index (χ3n) is 2.16. The lowest BCUT2D eigenvalue weighted by Crippen LogP contribution is -2.25. The maximum absolute atomic E-state index is 11.6. The van der Waals surface area contributed by atoms with Gasteiger partial charge in [-0.3, -0.25) is 4.79 Å². The molecule has 1 saturated heterocycles. The Bertz CT molecular complexity index is 413. The Kier molecular flexibility index (Phi) is 3.19. The van der Waals surface area contributed by atoms with E-state index in [9.17, 15) is 4.79 Å². The van der Waals surface area contributed by atoms with Gasteiger partial charge in [-0.2, -0.15) is 0 Å². The monoisotopic (exact) mass is 308 g/mol. The zero-order valence-corrected chi connectivity index (χ0v) is 10.7. The number of hydrogen-bond donors (Lipinski definition) is 0. The van der Waals surface area contributed by atoms with Crippen molar-refractivity contribution in [2.24, 2.45) is 0 Å². The summed E-state index contributed by atoms with van der Waals surface area (Å²) in [5.41, 5.74) is 0.610. The SMILES string of the molecule is O=C1CC(Cl)CN1c1cc(Br)cnc1Cl. The number of rotatable bonds is 1. The smallest absolute Gasteiger partial charge is 0.228 e. The fourth-order valence-corrected chi connectivity index (χ4v) is 2.29. The molecule has 1 unspecified atom stereocenters. The second-order valence-electron chi connectivity index (χ2n) is 3.27. The first-order valence-corrected chi connectivity index (χ1v) is 5.94. The van der Waals surface area contributed by atoms with E-state index in [4.69, 9.17) is 23.2 Å². The second kappa shape index (κ2) is 4.28. The highest BCUT2D eigenvalue weighted by molar-refractivity contribution is 9.10. The standard InChI is InChI=1S/C9H7BrCl2N2O/c10-5-1-7(9(12)13-3-5)14-4-6(11)2-8(14)15/h1,3,6H,2,4H2. The Balaban J connectivity index is 2.37. The summed E-state index contributed by atoms with van der Waals surface area (Å²) in [5, 5.41) is 0.171. The van der Waals surface area contributed by atoms with Crippen LogP contribution in [0.3, 0.4) is 0 Å². The van der Waals surface area contributed by atoms with Crippen LogP contribution in [0.5, 0.6) is 0 Å². The van der Waals surface area contributed by atoms with Gasteiger partial charge in [0.2, 0.25) is 5.91 Å². The van der Waals surface area contributed by atoms with E-state index in [1.165, 1.54) is 0 Å². The normalized spacial score (nSPS) is 21.1. The van der Waals surface area contributed by atoms with E-state index in [0.29, 0.717) is 23.8 Å². The van der Waals surface area contributed by atoms with E-state index in [1.54, 1.807) is 17.2 Å². The molecule has 6 heteroatoms. The summed E-state index contributed by atoms with van der Waals surface area (Å²) >= 11 is 15.1. The highest BCUT2D eigenvalue weighted by Crippen LogP contribution is 2.31. The van der Waals surface area contributed by atoms with E-state index in [-0.39, 0.29) is 11.3 Å². The number of halogens is 3. The Labute approximate surface area is 106 Å². The Morgan fingerprint density at radius 1 is 1.60 bits per heavy atom. The molecule has 0 spiro atoms. The van der Waals surface area contributed by atoms with Crippen molar-refractivity contribution in [3.05, 3.63) is 21.9 Å². The van der Waals surface area contributed by atoms with Crippen molar-refractivity contribution < 1.29 is 4.79 Å². The number of alkyl halides is 1. The Hall–Kier alpha value is -0.320. The summed E-state index contributed by atoms with van der Waals surface area (Å²) in [6, 6.07) is 1.77. The molecule has 0 aliphatic carbocycles. The zero-order valence-electron chi connectivity index (χ0n) is 7.58. The van der Waals surface area contributed by atoms with Gasteiger partial charge in [-0.05, 0) is 22.0 Å². The molecule has 2 rings (SSSR count). The molecule has 0 radical (unpaired) electrons. The lowest BCUT2D eigenvalue weighted by atomic mass is 10.4. The maximum atomic E-state index is 11.6. The number of carbonyl (C=O) groups is 1. The average molecular weight is 310 g/mol. The molecular weight excluding hydrogens is 303 g/mol. The molecule has 80 valence electrons. The molecular formula is C9H7BrCl2N2O. The minimum Gasteiger partial charge on any atom is -0.308 e. The van der Waals surface area contributed by atoms with E-state index >= 15 is 0 Å². The highest BCUT2D eigenvalue weighted by atomic mass is 79.9. The molecule has 1 aliphatic heterocycles. The molecule has 1 atom stereocenters. The first-order valence-electron chi connectivity index (χ1n) is 4.33. The molecule has 0 aromatic carbocycles.